The smallest absolute Gasteiger partial charge is 0.289 e. The van der Waals surface area contributed by atoms with Gasteiger partial charge in [-0.05, 0) is 30.9 Å². The molecule has 0 N–H and O–H groups in total. The van der Waals surface area contributed by atoms with E-state index in [9.17, 15) is 4.79 Å². The lowest BCUT2D eigenvalue weighted by atomic mass is 10.1. The average molecular weight is 397 g/mol. The van der Waals surface area contributed by atoms with Crippen LogP contribution in [0.3, 0.4) is 0 Å². The molecule has 1 saturated carbocycles. The second-order valence-electron chi connectivity index (χ2n) is 7.67. The molecule has 1 fully saturated rings. The van der Waals surface area contributed by atoms with E-state index in [2.05, 4.69) is 14.8 Å². The summed E-state index contributed by atoms with van der Waals surface area (Å²) in [4.78, 5) is 18.3. The van der Waals surface area contributed by atoms with Crippen LogP contribution in [0.25, 0.3) is 11.6 Å². The minimum atomic E-state index is -0.177. The van der Waals surface area contributed by atoms with Gasteiger partial charge in [-0.3, -0.25) is 9.48 Å². The van der Waals surface area contributed by atoms with Crippen LogP contribution in [0.1, 0.15) is 40.5 Å². The number of rotatable bonds is 7. The van der Waals surface area contributed by atoms with E-state index in [1.165, 1.54) is 24.8 Å². The third-order valence-electron chi connectivity index (χ3n) is 5.44. The predicted octanol–water partition coefficient (Wildman–Crippen LogP) is 2.32. The molecule has 4 heterocycles. The second kappa shape index (κ2) is 7.47. The van der Waals surface area contributed by atoms with Crippen molar-refractivity contribution in [1.29, 1.82) is 0 Å². The fourth-order valence-electron chi connectivity index (χ4n) is 3.59. The van der Waals surface area contributed by atoms with Gasteiger partial charge in [0.05, 0.1) is 19.5 Å². The number of fused-ring (bicyclic) bond motifs is 1. The van der Waals surface area contributed by atoms with Crippen molar-refractivity contribution < 1.29 is 18.5 Å². The first-order valence-corrected chi connectivity index (χ1v) is 9.97. The van der Waals surface area contributed by atoms with E-state index in [0.29, 0.717) is 43.7 Å². The van der Waals surface area contributed by atoms with E-state index in [1.54, 1.807) is 24.1 Å². The molecule has 0 bridgehead atoms. The van der Waals surface area contributed by atoms with E-state index in [0.717, 1.165) is 30.1 Å². The number of nitrogens with zero attached hydrogens (tertiary/aromatic N) is 5. The van der Waals surface area contributed by atoms with Gasteiger partial charge in [0, 0.05) is 44.2 Å². The molecular weight excluding hydrogens is 374 g/mol. The number of ether oxygens (including phenoxy) is 1. The van der Waals surface area contributed by atoms with Crippen molar-refractivity contribution in [3.8, 4) is 11.6 Å². The summed E-state index contributed by atoms with van der Waals surface area (Å²) in [7, 11) is 1.72. The van der Waals surface area contributed by atoms with Crippen LogP contribution in [0.5, 0.6) is 0 Å². The Morgan fingerprint density at radius 1 is 1.38 bits per heavy atom. The Balaban J connectivity index is 1.30. The number of carbonyl (C=O) groups is 1. The van der Waals surface area contributed by atoms with E-state index >= 15 is 0 Å². The number of amides is 1. The number of hydrogen-bond acceptors (Lipinski definition) is 7. The zero-order valence-corrected chi connectivity index (χ0v) is 16.3. The molecule has 1 amide bonds. The van der Waals surface area contributed by atoms with Gasteiger partial charge >= 0.3 is 0 Å². The van der Waals surface area contributed by atoms with Gasteiger partial charge in [-0.15, -0.1) is 0 Å². The van der Waals surface area contributed by atoms with Gasteiger partial charge in [0.25, 0.3) is 11.8 Å². The standard InChI is InChI=1S/C20H23N5O4/c1-24(20(26)16-3-2-9-28-16)8-6-17-21-19(29-23-17)18-14-12-27-10-7-15(14)25(22-18)11-13-4-5-13/h2-3,9,13H,4-8,10-12H2,1H3. The highest BCUT2D eigenvalue weighted by Gasteiger charge is 2.29. The minimum absolute atomic E-state index is 0.177. The van der Waals surface area contributed by atoms with Crippen LogP contribution < -0.4 is 0 Å². The Morgan fingerprint density at radius 3 is 3.07 bits per heavy atom. The number of furan rings is 1. The molecule has 29 heavy (non-hydrogen) atoms. The lowest BCUT2D eigenvalue weighted by Crippen LogP contribution is -2.28. The highest BCUT2D eigenvalue weighted by Crippen LogP contribution is 2.34. The van der Waals surface area contributed by atoms with Gasteiger partial charge in [-0.1, -0.05) is 5.16 Å². The molecular formula is C20H23N5O4. The Kier molecular flexibility index (Phi) is 4.67. The average Bonchev–Trinajstić information content (AvgIpc) is 3.15. The molecule has 0 unspecified atom stereocenters. The fourth-order valence-corrected chi connectivity index (χ4v) is 3.59. The quantitative estimate of drug-likeness (QED) is 0.603. The Morgan fingerprint density at radius 2 is 2.28 bits per heavy atom. The van der Waals surface area contributed by atoms with Crippen molar-refractivity contribution >= 4 is 5.91 Å². The van der Waals surface area contributed by atoms with Crippen molar-refractivity contribution in [2.75, 3.05) is 20.2 Å². The minimum Gasteiger partial charge on any atom is -0.459 e. The van der Waals surface area contributed by atoms with Gasteiger partial charge < -0.3 is 18.6 Å². The third kappa shape index (κ3) is 3.69. The molecule has 152 valence electrons. The lowest BCUT2D eigenvalue weighted by molar-refractivity contribution is 0.0764. The second-order valence-corrected chi connectivity index (χ2v) is 7.67. The van der Waals surface area contributed by atoms with E-state index in [4.69, 9.17) is 18.8 Å². The molecule has 1 aliphatic heterocycles. The number of hydrogen-bond donors (Lipinski definition) is 0. The summed E-state index contributed by atoms with van der Waals surface area (Å²) in [6.07, 6.45) is 5.37. The van der Waals surface area contributed by atoms with Crippen LogP contribution in [0.4, 0.5) is 0 Å². The van der Waals surface area contributed by atoms with Crippen LogP contribution in [0.15, 0.2) is 27.3 Å². The fraction of sp³-hybridized carbons (Fsp3) is 0.500. The van der Waals surface area contributed by atoms with Crippen LogP contribution in [0.2, 0.25) is 0 Å². The van der Waals surface area contributed by atoms with Crippen molar-refractivity contribution in [3.63, 3.8) is 0 Å². The van der Waals surface area contributed by atoms with Crippen molar-refractivity contribution in [2.45, 2.75) is 38.8 Å². The van der Waals surface area contributed by atoms with Crippen LogP contribution in [-0.4, -0.2) is 50.9 Å². The summed E-state index contributed by atoms with van der Waals surface area (Å²) >= 11 is 0. The summed E-state index contributed by atoms with van der Waals surface area (Å²) in [5.74, 6) is 1.82. The first-order chi connectivity index (χ1) is 14.2. The molecule has 3 aromatic rings. The lowest BCUT2D eigenvalue weighted by Gasteiger charge is -2.14. The van der Waals surface area contributed by atoms with Crippen LogP contribution >= 0.6 is 0 Å². The maximum absolute atomic E-state index is 12.3. The van der Waals surface area contributed by atoms with Gasteiger partial charge in [0.1, 0.15) is 0 Å². The van der Waals surface area contributed by atoms with Gasteiger partial charge in [0.2, 0.25) is 0 Å². The summed E-state index contributed by atoms with van der Waals surface area (Å²) < 4.78 is 18.4. The van der Waals surface area contributed by atoms with Crippen LogP contribution in [-0.2, 0) is 30.7 Å². The zero-order chi connectivity index (χ0) is 19.8. The van der Waals surface area contributed by atoms with E-state index < -0.39 is 0 Å². The van der Waals surface area contributed by atoms with Gasteiger partial charge in [0.15, 0.2) is 17.3 Å². The molecule has 9 heteroatoms. The molecule has 9 nitrogen and oxygen atoms in total. The monoisotopic (exact) mass is 397 g/mol. The van der Waals surface area contributed by atoms with Crippen molar-refractivity contribution in [1.82, 2.24) is 24.8 Å². The molecule has 0 atom stereocenters. The molecule has 1 aliphatic carbocycles. The first kappa shape index (κ1) is 18.1. The molecule has 0 spiro atoms. The predicted molar refractivity (Wildman–Crippen MR) is 101 cm³/mol. The molecule has 0 radical (unpaired) electrons. The van der Waals surface area contributed by atoms with Crippen LogP contribution in [0, 0.1) is 5.92 Å². The number of carbonyl (C=O) groups excluding carboxylic acids is 1. The molecule has 2 aliphatic rings. The molecule has 0 aromatic carbocycles. The summed E-state index contributed by atoms with van der Waals surface area (Å²) in [5.41, 5.74) is 3.00. The van der Waals surface area contributed by atoms with Gasteiger partial charge in [-0.2, -0.15) is 10.1 Å². The maximum atomic E-state index is 12.3. The normalized spacial score (nSPS) is 16.0. The highest BCUT2D eigenvalue weighted by molar-refractivity contribution is 5.91. The number of aromatic nitrogens is 4. The Bertz CT molecular complexity index is 1000. The summed E-state index contributed by atoms with van der Waals surface area (Å²) in [6, 6.07) is 3.34. The largest absolute Gasteiger partial charge is 0.459 e. The Labute approximate surface area is 167 Å². The SMILES string of the molecule is CN(CCc1noc(-c2nn(CC3CC3)c3c2COCC3)n1)C(=O)c1ccco1. The summed E-state index contributed by atoms with van der Waals surface area (Å²) in [5, 5.41) is 8.86. The first-order valence-electron chi connectivity index (χ1n) is 9.97. The summed E-state index contributed by atoms with van der Waals surface area (Å²) in [6.45, 7) is 2.64. The maximum Gasteiger partial charge on any atom is 0.289 e. The molecule has 3 aromatic heterocycles. The van der Waals surface area contributed by atoms with E-state index in [-0.39, 0.29) is 5.91 Å². The molecule has 0 saturated heterocycles. The van der Waals surface area contributed by atoms with Crippen molar-refractivity contribution in [2.24, 2.45) is 5.92 Å². The van der Waals surface area contributed by atoms with E-state index in [1.807, 2.05) is 0 Å². The topological polar surface area (TPSA) is 99.4 Å². The molecule has 5 rings (SSSR count). The number of likely N-dealkylation sites (N-methyl/N-ethyl adjacent to an activating group) is 1. The Hall–Kier alpha value is -2.94. The zero-order valence-electron chi connectivity index (χ0n) is 16.3. The van der Waals surface area contributed by atoms with Crippen molar-refractivity contribution in [3.05, 3.63) is 41.2 Å². The highest BCUT2D eigenvalue weighted by atomic mass is 16.5. The van der Waals surface area contributed by atoms with Gasteiger partial charge in [-0.25, -0.2) is 0 Å². The third-order valence-corrected chi connectivity index (χ3v) is 5.44.